The van der Waals surface area contributed by atoms with Gasteiger partial charge in [0.15, 0.2) is 0 Å². The van der Waals surface area contributed by atoms with Crippen molar-refractivity contribution in [3.8, 4) is 0 Å². The standard InChI is InChI=1S/C15H21N3O2/c1-2-17-14(19)12-5-3-4-11(8-12)9-18-15(20)13-6-7-16-10-13/h3-5,8,13,16H,2,6-7,9-10H2,1H3,(H,17,19)(H,18,20). The van der Waals surface area contributed by atoms with Gasteiger partial charge in [-0.2, -0.15) is 0 Å². The molecule has 1 heterocycles. The molecule has 2 rings (SSSR count). The molecule has 1 fully saturated rings. The summed E-state index contributed by atoms with van der Waals surface area (Å²) in [6.45, 7) is 4.62. The maximum atomic E-state index is 11.9. The second-order valence-corrected chi connectivity index (χ2v) is 4.97. The average Bonchev–Trinajstić information content (AvgIpc) is 2.99. The highest BCUT2D eigenvalue weighted by Gasteiger charge is 2.21. The van der Waals surface area contributed by atoms with Crippen LogP contribution in [-0.2, 0) is 11.3 Å². The van der Waals surface area contributed by atoms with Gasteiger partial charge in [0.05, 0.1) is 5.92 Å². The van der Waals surface area contributed by atoms with Gasteiger partial charge >= 0.3 is 0 Å². The molecule has 20 heavy (non-hydrogen) atoms. The summed E-state index contributed by atoms with van der Waals surface area (Å²) in [6.07, 6.45) is 0.894. The Labute approximate surface area is 119 Å². The van der Waals surface area contributed by atoms with E-state index < -0.39 is 0 Å². The number of rotatable bonds is 5. The molecule has 108 valence electrons. The molecule has 1 aliphatic rings. The molecule has 0 aliphatic carbocycles. The van der Waals surface area contributed by atoms with Crippen LogP contribution in [0.25, 0.3) is 0 Å². The topological polar surface area (TPSA) is 70.2 Å². The molecule has 1 aliphatic heterocycles. The largest absolute Gasteiger partial charge is 0.352 e. The maximum Gasteiger partial charge on any atom is 0.251 e. The van der Waals surface area contributed by atoms with Gasteiger partial charge in [0.25, 0.3) is 5.91 Å². The summed E-state index contributed by atoms with van der Waals surface area (Å²) in [5.74, 6) is 0.0701. The van der Waals surface area contributed by atoms with Crippen molar-refractivity contribution in [1.82, 2.24) is 16.0 Å². The van der Waals surface area contributed by atoms with Crippen molar-refractivity contribution in [3.63, 3.8) is 0 Å². The lowest BCUT2D eigenvalue weighted by Gasteiger charge is -2.10. The van der Waals surface area contributed by atoms with Crippen molar-refractivity contribution in [2.75, 3.05) is 19.6 Å². The first kappa shape index (κ1) is 14.5. The van der Waals surface area contributed by atoms with Crippen molar-refractivity contribution >= 4 is 11.8 Å². The summed E-state index contributed by atoms with van der Waals surface area (Å²) in [7, 11) is 0. The maximum absolute atomic E-state index is 11.9. The SMILES string of the molecule is CCNC(=O)c1cccc(CNC(=O)C2CCNC2)c1. The van der Waals surface area contributed by atoms with Crippen LogP contribution in [0.5, 0.6) is 0 Å². The molecule has 0 aromatic heterocycles. The molecule has 0 bridgehead atoms. The molecule has 1 saturated heterocycles. The fraction of sp³-hybridized carbons (Fsp3) is 0.467. The van der Waals surface area contributed by atoms with Gasteiger partial charge in [0, 0.05) is 25.2 Å². The number of carbonyl (C=O) groups is 2. The minimum Gasteiger partial charge on any atom is -0.352 e. The summed E-state index contributed by atoms with van der Waals surface area (Å²) >= 11 is 0. The number of amides is 2. The van der Waals surface area contributed by atoms with E-state index in [0.717, 1.165) is 25.1 Å². The summed E-state index contributed by atoms with van der Waals surface area (Å²) in [5.41, 5.74) is 1.56. The van der Waals surface area contributed by atoms with Crippen molar-refractivity contribution in [2.45, 2.75) is 19.9 Å². The Kier molecular flexibility index (Phi) is 5.12. The smallest absolute Gasteiger partial charge is 0.251 e. The molecule has 0 radical (unpaired) electrons. The van der Waals surface area contributed by atoms with Crippen LogP contribution in [0.3, 0.4) is 0 Å². The average molecular weight is 275 g/mol. The zero-order valence-corrected chi connectivity index (χ0v) is 11.7. The number of benzene rings is 1. The minimum absolute atomic E-state index is 0.0709. The van der Waals surface area contributed by atoms with Crippen molar-refractivity contribution in [1.29, 1.82) is 0 Å². The first-order valence-corrected chi connectivity index (χ1v) is 7.06. The summed E-state index contributed by atoms with van der Waals surface area (Å²) < 4.78 is 0. The molecule has 3 N–H and O–H groups in total. The van der Waals surface area contributed by atoms with E-state index in [1.807, 2.05) is 25.1 Å². The number of hydrogen-bond donors (Lipinski definition) is 3. The van der Waals surface area contributed by atoms with Crippen LogP contribution in [0.15, 0.2) is 24.3 Å². The zero-order valence-electron chi connectivity index (χ0n) is 11.7. The lowest BCUT2D eigenvalue weighted by molar-refractivity contribution is -0.124. The molecule has 2 amide bonds. The van der Waals surface area contributed by atoms with Gasteiger partial charge in [-0.3, -0.25) is 9.59 Å². The molecule has 1 unspecified atom stereocenters. The van der Waals surface area contributed by atoms with Crippen LogP contribution in [0.4, 0.5) is 0 Å². The van der Waals surface area contributed by atoms with E-state index in [-0.39, 0.29) is 17.7 Å². The summed E-state index contributed by atoms with van der Waals surface area (Å²) in [4.78, 5) is 23.6. The van der Waals surface area contributed by atoms with Crippen LogP contribution < -0.4 is 16.0 Å². The lowest BCUT2D eigenvalue weighted by Crippen LogP contribution is -2.31. The molecular formula is C15H21N3O2. The fourth-order valence-electron chi connectivity index (χ4n) is 2.30. The van der Waals surface area contributed by atoms with Crippen molar-refractivity contribution in [2.24, 2.45) is 5.92 Å². The monoisotopic (exact) mass is 275 g/mol. The predicted molar refractivity (Wildman–Crippen MR) is 77.3 cm³/mol. The third kappa shape index (κ3) is 3.81. The highest BCUT2D eigenvalue weighted by molar-refractivity contribution is 5.94. The van der Waals surface area contributed by atoms with Crippen LogP contribution >= 0.6 is 0 Å². The Morgan fingerprint density at radius 2 is 2.20 bits per heavy atom. The molecule has 0 spiro atoms. The molecule has 1 aromatic rings. The molecule has 0 saturated carbocycles. The molecule has 1 atom stereocenters. The molecular weight excluding hydrogens is 254 g/mol. The summed E-state index contributed by atoms with van der Waals surface area (Å²) in [6, 6.07) is 7.34. The third-order valence-corrected chi connectivity index (χ3v) is 3.42. The van der Waals surface area contributed by atoms with Gasteiger partial charge in [-0.25, -0.2) is 0 Å². The first-order valence-electron chi connectivity index (χ1n) is 7.06. The van der Waals surface area contributed by atoms with E-state index in [0.29, 0.717) is 18.7 Å². The highest BCUT2D eigenvalue weighted by atomic mass is 16.2. The van der Waals surface area contributed by atoms with E-state index in [1.54, 1.807) is 6.07 Å². The Balaban J connectivity index is 1.90. The van der Waals surface area contributed by atoms with Gasteiger partial charge in [-0.15, -0.1) is 0 Å². The number of nitrogens with one attached hydrogen (secondary N) is 3. The van der Waals surface area contributed by atoms with Gasteiger partial charge < -0.3 is 16.0 Å². The minimum atomic E-state index is -0.0827. The fourth-order valence-corrected chi connectivity index (χ4v) is 2.30. The summed E-state index contributed by atoms with van der Waals surface area (Å²) in [5, 5.41) is 8.87. The van der Waals surface area contributed by atoms with Crippen LogP contribution in [0.2, 0.25) is 0 Å². The van der Waals surface area contributed by atoms with Crippen molar-refractivity contribution in [3.05, 3.63) is 35.4 Å². The van der Waals surface area contributed by atoms with Gasteiger partial charge in [0.2, 0.25) is 5.91 Å². The zero-order chi connectivity index (χ0) is 14.4. The number of carbonyl (C=O) groups excluding carboxylic acids is 2. The van der Waals surface area contributed by atoms with E-state index in [1.165, 1.54) is 0 Å². The lowest BCUT2D eigenvalue weighted by atomic mass is 10.1. The van der Waals surface area contributed by atoms with E-state index in [2.05, 4.69) is 16.0 Å². The number of hydrogen-bond acceptors (Lipinski definition) is 3. The second kappa shape index (κ2) is 7.05. The van der Waals surface area contributed by atoms with Crippen LogP contribution in [-0.4, -0.2) is 31.4 Å². The quantitative estimate of drug-likeness (QED) is 0.739. The molecule has 1 aromatic carbocycles. The molecule has 5 nitrogen and oxygen atoms in total. The van der Waals surface area contributed by atoms with E-state index in [4.69, 9.17) is 0 Å². The van der Waals surface area contributed by atoms with Gasteiger partial charge in [-0.1, -0.05) is 12.1 Å². The van der Waals surface area contributed by atoms with E-state index >= 15 is 0 Å². The highest BCUT2D eigenvalue weighted by Crippen LogP contribution is 2.09. The second-order valence-electron chi connectivity index (χ2n) is 4.97. The van der Waals surface area contributed by atoms with Gasteiger partial charge in [-0.05, 0) is 37.6 Å². The molecule has 5 heteroatoms. The Morgan fingerprint density at radius 3 is 2.90 bits per heavy atom. The Morgan fingerprint density at radius 1 is 1.35 bits per heavy atom. The van der Waals surface area contributed by atoms with Crippen LogP contribution in [0, 0.1) is 5.92 Å². The van der Waals surface area contributed by atoms with Gasteiger partial charge in [0.1, 0.15) is 0 Å². The van der Waals surface area contributed by atoms with Crippen molar-refractivity contribution < 1.29 is 9.59 Å². The Bertz CT molecular complexity index is 482. The van der Waals surface area contributed by atoms with E-state index in [9.17, 15) is 9.59 Å². The third-order valence-electron chi connectivity index (χ3n) is 3.42. The normalized spacial score (nSPS) is 17.8. The predicted octanol–water partition coefficient (Wildman–Crippen LogP) is 0.662. The Hall–Kier alpha value is -1.88. The van der Waals surface area contributed by atoms with Crippen LogP contribution in [0.1, 0.15) is 29.3 Å². The first-order chi connectivity index (χ1) is 9.70.